The van der Waals surface area contributed by atoms with Crippen LogP contribution >= 0.6 is 0 Å². The van der Waals surface area contributed by atoms with Crippen molar-refractivity contribution >= 4 is 0 Å². The van der Waals surface area contributed by atoms with E-state index in [0.717, 1.165) is 35.6 Å². The number of H-pyrrole nitrogens is 1. The number of nitrogens with zero attached hydrogens (tertiary/aromatic N) is 2. The molecule has 5 heteroatoms. The molecule has 2 heterocycles. The van der Waals surface area contributed by atoms with Gasteiger partial charge in [0.1, 0.15) is 11.6 Å². The molecule has 1 aromatic carbocycles. The lowest BCUT2D eigenvalue weighted by molar-refractivity contribution is 0.241. The van der Waals surface area contributed by atoms with E-state index in [0.29, 0.717) is 13.1 Å². The lowest BCUT2D eigenvalue weighted by Crippen LogP contribution is -2.37. The Kier molecular flexibility index (Phi) is 4.06. The SMILES string of the molecule is CC(C)(C)c1nc2c(c(=O)[nH]1)CN(Cc1ccc(F)cc1)CC2. The fourth-order valence-corrected chi connectivity index (χ4v) is 2.82. The number of nitrogens with one attached hydrogen (secondary N) is 1. The minimum atomic E-state index is -0.229. The van der Waals surface area contributed by atoms with Crippen LogP contribution in [0.15, 0.2) is 29.1 Å². The van der Waals surface area contributed by atoms with Crippen LogP contribution in [0.4, 0.5) is 4.39 Å². The molecule has 0 radical (unpaired) electrons. The monoisotopic (exact) mass is 315 g/mol. The van der Waals surface area contributed by atoms with Gasteiger partial charge in [0, 0.05) is 31.5 Å². The summed E-state index contributed by atoms with van der Waals surface area (Å²) in [5.41, 5.74) is 2.51. The minimum Gasteiger partial charge on any atom is -0.310 e. The summed E-state index contributed by atoms with van der Waals surface area (Å²) in [5.74, 6) is 0.515. The quantitative estimate of drug-likeness (QED) is 0.927. The highest BCUT2D eigenvalue weighted by Crippen LogP contribution is 2.21. The normalized spacial score (nSPS) is 15.5. The molecule has 0 spiro atoms. The molecule has 23 heavy (non-hydrogen) atoms. The van der Waals surface area contributed by atoms with E-state index in [1.54, 1.807) is 12.1 Å². The van der Waals surface area contributed by atoms with Crippen LogP contribution in [0, 0.1) is 5.82 Å². The second-order valence-corrected chi connectivity index (χ2v) is 7.18. The number of aromatic nitrogens is 2. The molecule has 0 amide bonds. The molecule has 3 rings (SSSR count). The predicted molar refractivity (Wildman–Crippen MR) is 87.8 cm³/mol. The fourth-order valence-electron chi connectivity index (χ4n) is 2.82. The van der Waals surface area contributed by atoms with Crippen LogP contribution in [0.2, 0.25) is 0 Å². The highest BCUT2D eigenvalue weighted by Gasteiger charge is 2.24. The molecular weight excluding hydrogens is 293 g/mol. The van der Waals surface area contributed by atoms with Gasteiger partial charge in [-0.15, -0.1) is 0 Å². The Morgan fingerprint density at radius 2 is 1.96 bits per heavy atom. The number of hydrogen-bond acceptors (Lipinski definition) is 3. The van der Waals surface area contributed by atoms with Crippen LogP contribution < -0.4 is 5.56 Å². The molecule has 0 aliphatic carbocycles. The number of aromatic amines is 1. The first-order valence-electron chi connectivity index (χ1n) is 7.92. The summed E-state index contributed by atoms with van der Waals surface area (Å²) in [6.07, 6.45) is 0.767. The lowest BCUT2D eigenvalue weighted by atomic mass is 9.95. The van der Waals surface area contributed by atoms with E-state index < -0.39 is 0 Å². The molecule has 4 nitrogen and oxygen atoms in total. The summed E-state index contributed by atoms with van der Waals surface area (Å²) in [5, 5.41) is 0. The van der Waals surface area contributed by atoms with Crippen molar-refractivity contribution in [2.45, 2.75) is 45.7 Å². The summed E-state index contributed by atoms with van der Waals surface area (Å²) < 4.78 is 13.0. The van der Waals surface area contributed by atoms with Gasteiger partial charge in [-0.1, -0.05) is 32.9 Å². The van der Waals surface area contributed by atoms with Crippen LogP contribution in [0.5, 0.6) is 0 Å². The van der Waals surface area contributed by atoms with Gasteiger partial charge in [-0.2, -0.15) is 0 Å². The van der Waals surface area contributed by atoms with Crippen LogP contribution in [0.25, 0.3) is 0 Å². The number of benzene rings is 1. The van der Waals surface area contributed by atoms with Gasteiger partial charge in [-0.25, -0.2) is 9.37 Å². The zero-order valence-corrected chi connectivity index (χ0v) is 13.8. The van der Waals surface area contributed by atoms with Crippen molar-refractivity contribution in [3.05, 3.63) is 63.1 Å². The van der Waals surface area contributed by atoms with E-state index in [-0.39, 0.29) is 16.8 Å². The largest absolute Gasteiger partial charge is 0.310 e. The predicted octanol–water partition coefficient (Wildman–Crippen LogP) is 2.76. The van der Waals surface area contributed by atoms with Gasteiger partial charge in [-0.3, -0.25) is 9.69 Å². The van der Waals surface area contributed by atoms with Gasteiger partial charge in [-0.05, 0) is 17.7 Å². The zero-order chi connectivity index (χ0) is 16.6. The standard InChI is InChI=1S/C18H22FN3O/c1-18(2,3)17-20-15-8-9-22(11-14(15)16(23)21-17)10-12-4-6-13(19)7-5-12/h4-7H,8-11H2,1-3H3,(H,20,21,23). The molecule has 0 fully saturated rings. The molecule has 0 saturated heterocycles. The second kappa shape index (κ2) is 5.89. The smallest absolute Gasteiger partial charge is 0.255 e. The van der Waals surface area contributed by atoms with Crippen molar-refractivity contribution in [3.8, 4) is 0 Å². The molecule has 1 N–H and O–H groups in total. The maximum absolute atomic E-state index is 13.0. The summed E-state index contributed by atoms with van der Waals surface area (Å²) in [7, 11) is 0. The van der Waals surface area contributed by atoms with Crippen molar-refractivity contribution in [2.75, 3.05) is 6.54 Å². The number of hydrogen-bond donors (Lipinski definition) is 1. The summed E-state index contributed by atoms with van der Waals surface area (Å²) >= 11 is 0. The van der Waals surface area contributed by atoms with Crippen LogP contribution in [-0.2, 0) is 24.9 Å². The lowest BCUT2D eigenvalue weighted by Gasteiger charge is -2.29. The zero-order valence-electron chi connectivity index (χ0n) is 13.8. The Balaban J connectivity index is 1.81. The average Bonchev–Trinajstić information content (AvgIpc) is 2.49. The van der Waals surface area contributed by atoms with Crippen LogP contribution in [0.1, 0.15) is 43.4 Å². The molecule has 1 aromatic heterocycles. The highest BCUT2D eigenvalue weighted by atomic mass is 19.1. The number of rotatable bonds is 2. The van der Waals surface area contributed by atoms with Crippen LogP contribution in [-0.4, -0.2) is 21.4 Å². The first kappa shape index (κ1) is 15.9. The first-order chi connectivity index (χ1) is 10.8. The van der Waals surface area contributed by atoms with Crippen molar-refractivity contribution in [3.63, 3.8) is 0 Å². The third-order valence-electron chi connectivity index (χ3n) is 4.18. The Morgan fingerprint density at radius 3 is 2.61 bits per heavy atom. The van der Waals surface area contributed by atoms with Gasteiger partial charge in [0.05, 0.1) is 11.3 Å². The van der Waals surface area contributed by atoms with E-state index in [9.17, 15) is 9.18 Å². The molecule has 1 aliphatic rings. The third-order valence-corrected chi connectivity index (χ3v) is 4.18. The molecule has 2 aromatic rings. The Bertz CT molecular complexity index is 759. The van der Waals surface area contributed by atoms with Crippen molar-refractivity contribution in [1.29, 1.82) is 0 Å². The molecule has 0 atom stereocenters. The highest BCUT2D eigenvalue weighted by molar-refractivity contribution is 5.23. The molecule has 1 aliphatic heterocycles. The van der Waals surface area contributed by atoms with Gasteiger partial charge in [0.2, 0.25) is 0 Å². The maximum Gasteiger partial charge on any atom is 0.255 e. The number of fused-ring (bicyclic) bond motifs is 1. The van der Waals surface area contributed by atoms with Crippen molar-refractivity contribution in [2.24, 2.45) is 0 Å². The van der Waals surface area contributed by atoms with E-state index >= 15 is 0 Å². The van der Waals surface area contributed by atoms with Crippen molar-refractivity contribution in [1.82, 2.24) is 14.9 Å². The molecule has 0 saturated carbocycles. The average molecular weight is 315 g/mol. The van der Waals surface area contributed by atoms with E-state index in [1.165, 1.54) is 12.1 Å². The summed E-state index contributed by atoms with van der Waals surface area (Å²) in [6.45, 7) is 8.27. The van der Waals surface area contributed by atoms with E-state index in [4.69, 9.17) is 0 Å². The second-order valence-electron chi connectivity index (χ2n) is 7.18. The molecule has 122 valence electrons. The summed E-state index contributed by atoms with van der Waals surface area (Å²) in [4.78, 5) is 22.2. The Hall–Kier alpha value is -2.01. The molecular formula is C18H22FN3O. The summed E-state index contributed by atoms with van der Waals surface area (Å²) in [6, 6.07) is 6.51. The number of halogens is 1. The Labute approximate surface area is 135 Å². The topological polar surface area (TPSA) is 49.0 Å². The fraction of sp³-hybridized carbons (Fsp3) is 0.444. The van der Waals surface area contributed by atoms with Gasteiger partial charge < -0.3 is 4.98 Å². The Morgan fingerprint density at radius 1 is 1.26 bits per heavy atom. The van der Waals surface area contributed by atoms with E-state index in [1.807, 2.05) is 20.8 Å². The molecule has 0 bridgehead atoms. The van der Waals surface area contributed by atoms with Gasteiger partial charge in [0.25, 0.3) is 5.56 Å². The van der Waals surface area contributed by atoms with E-state index in [2.05, 4.69) is 14.9 Å². The third kappa shape index (κ3) is 3.50. The minimum absolute atomic E-state index is 0.0382. The van der Waals surface area contributed by atoms with Crippen LogP contribution in [0.3, 0.4) is 0 Å². The maximum atomic E-state index is 13.0. The molecule has 0 unspecified atom stereocenters. The van der Waals surface area contributed by atoms with Gasteiger partial charge in [0.15, 0.2) is 0 Å². The first-order valence-corrected chi connectivity index (χ1v) is 7.92. The van der Waals surface area contributed by atoms with Crippen molar-refractivity contribution < 1.29 is 4.39 Å². The van der Waals surface area contributed by atoms with Gasteiger partial charge >= 0.3 is 0 Å².